The normalized spacial score (nSPS) is 9.69. The largest absolute Gasteiger partial charge is 0.366 e. The van der Waals surface area contributed by atoms with Gasteiger partial charge in [0.05, 0.1) is 0 Å². The van der Waals surface area contributed by atoms with Gasteiger partial charge < -0.3 is 5.73 Å². The molecule has 2 nitrogen and oxygen atoms in total. The fourth-order valence-corrected chi connectivity index (χ4v) is 1.27. The van der Waals surface area contributed by atoms with E-state index in [1.165, 1.54) is 0 Å². The Morgan fingerprint density at radius 3 is 2.54 bits per heavy atom. The molecule has 68 valence electrons. The maximum atomic E-state index is 10.8. The quantitative estimate of drug-likeness (QED) is 0.758. The van der Waals surface area contributed by atoms with E-state index in [0.717, 1.165) is 0 Å². The second-order valence-corrected chi connectivity index (χ2v) is 3.31. The van der Waals surface area contributed by atoms with Crippen molar-refractivity contribution in [2.24, 2.45) is 5.73 Å². The van der Waals surface area contributed by atoms with E-state index in [0.29, 0.717) is 15.6 Å². The lowest BCUT2D eigenvalue weighted by Gasteiger charge is -2.04. The second-order valence-electron chi connectivity index (χ2n) is 2.47. The van der Waals surface area contributed by atoms with Gasteiger partial charge in [0.25, 0.3) is 0 Å². The van der Waals surface area contributed by atoms with Gasteiger partial charge in [0.15, 0.2) is 0 Å². The minimum absolute atomic E-state index is 0.160. The van der Waals surface area contributed by atoms with Crippen molar-refractivity contribution in [1.82, 2.24) is 0 Å². The molecule has 1 amide bonds. The Morgan fingerprint density at radius 1 is 1.38 bits per heavy atom. The summed E-state index contributed by atoms with van der Waals surface area (Å²) >= 11 is 11.5. The molecule has 0 aliphatic carbocycles. The van der Waals surface area contributed by atoms with E-state index in [1.54, 1.807) is 18.2 Å². The molecular formula is C9H7Cl2NO. The number of amides is 1. The highest BCUT2D eigenvalue weighted by Crippen LogP contribution is 2.25. The predicted octanol–water partition coefficient (Wildman–Crippen LogP) is 2.49. The number of benzene rings is 1. The summed E-state index contributed by atoms with van der Waals surface area (Å²) < 4.78 is 0. The van der Waals surface area contributed by atoms with E-state index in [-0.39, 0.29) is 5.57 Å². The molecule has 0 saturated heterocycles. The number of carbonyl (C=O) groups is 1. The zero-order valence-corrected chi connectivity index (χ0v) is 8.19. The Balaban J connectivity index is 3.21. The molecule has 1 aromatic rings. The van der Waals surface area contributed by atoms with E-state index in [2.05, 4.69) is 6.58 Å². The van der Waals surface area contributed by atoms with Crippen LogP contribution in [-0.2, 0) is 4.79 Å². The zero-order valence-electron chi connectivity index (χ0n) is 6.68. The SMILES string of the molecule is C=C(C(N)=O)c1cc(Cl)ccc1Cl. The third-order valence-corrected chi connectivity index (χ3v) is 2.12. The Labute approximate surface area is 85.9 Å². The summed E-state index contributed by atoms with van der Waals surface area (Å²) in [4.78, 5) is 10.8. The number of hydrogen-bond acceptors (Lipinski definition) is 1. The van der Waals surface area contributed by atoms with Gasteiger partial charge in [-0.15, -0.1) is 0 Å². The van der Waals surface area contributed by atoms with E-state index >= 15 is 0 Å². The topological polar surface area (TPSA) is 43.1 Å². The molecule has 0 bridgehead atoms. The van der Waals surface area contributed by atoms with Crippen molar-refractivity contribution in [3.8, 4) is 0 Å². The lowest BCUT2D eigenvalue weighted by Crippen LogP contribution is -2.12. The number of rotatable bonds is 2. The molecule has 0 spiro atoms. The summed E-state index contributed by atoms with van der Waals surface area (Å²) in [5, 5.41) is 0.898. The average molecular weight is 216 g/mol. The van der Waals surface area contributed by atoms with Crippen LogP contribution >= 0.6 is 23.2 Å². The molecule has 0 aliphatic rings. The van der Waals surface area contributed by atoms with Crippen molar-refractivity contribution in [3.63, 3.8) is 0 Å². The molecule has 1 rings (SSSR count). The van der Waals surface area contributed by atoms with Crippen LogP contribution in [0.5, 0.6) is 0 Å². The van der Waals surface area contributed by atoms with Crippen LogP contribution in [0.15, 0.2) is 24.8 Å². The molecule has 4 heteroatoms. The lowest BCUT2D eigenvalue weighted by molar-refractivity contribution is -0.112. The molecule has 0 fully saturated rings. The first kappa shape index (κ1) is 10.1. The lowest BCUT2D eigenvalue weighted by atomic mass is 10.1. The van der Waals surface area contributed by atoms with Gasteiger partial charge in [-0.1, -0.05) is 29.8 Å². The molecule has 2 N–H and O–H groups in total. The second kappa shape index (κ2) is 3.81. The summed E-state index contributed by atoms with van der Waals surface area (Å²) in [6.45, 7) is 3.51. The van der Waals surface area contributed by atoms with Gasteiger partial charge in [0.2, 0.25) is 5.91 Å². The van der Waals surface area contributed by atoms with Crippen LogP contribution in [0.4, 0.5) is 0 Å². The number of hydrogen-bond donors (Lipinski definition) is 1. The van der Waals surface area contributed by atoms with Crippen LogP contribution in [0, 0.1) is 0 Å². The highest BCUT2D eigenvalue weighted by molar-refractivity contribution is 6.36. The minimum Gasteiger partial charge on any atom is -0.366 e. The smallest absolute Gasteiger partial charge is 0.248 e. The van der Waals surface area contributed by atoms with Crippen molar-refractivity contribution >= 4 is 34.7 Å². The van der Waals surface area contributed by atoms with Gasteiger partial charge in [0.1, 0.15) is 0 Å². The van der Waals surface area contributed by atoms with E-state index in [4.69, 9.17) is 28.9 Å². The molecular weight excluding hydrogens is 209 g/mol. The summed E-state index contributed by atoms with van der Waals surface area (Å²) in [5.74, 6) is -0.607. The Bertz CT molecular complexity index is 374. The van der Waals surface area contributed by atoms with Crippen molar-refractivity contribution in [1.29, 1.82) is 0 Å². The number of primary amides is 1. The van der Waals surface area contributed by atoms with Crippen molar-refractivity contribution in [2.75, 3.05) is 0 Å². The zero-order chi connectivity index (χ0) is 10.0. The molecule has 0 aromatic heterocycles. The molecule has 0 radical (unpaired) electrons. The Morgan fingerprint density at radius 2 is 2.00 bits per heavy atom. The van der Waals surface area contributed by atoms with Crippen LogP contribution < -0.4 is 5.73 Å². The molecule has 0 aliphatic heterocycles. The van der Waals surface area contributed by atoms with Crippen molar-refractivity contribution in [2.45, 2.75) is 0 Å². The van der Waals surface area contributed by atoms with Crippen LogP contribution in [0.3, 0.4) is 0 Å². The first-order valence-corrected chi connectivity index (χ1v) is 4.22. The van der Waals surface area contributed by atoms with Crippen LogP contribution in [0.1, 0.15) is 5.56 Å². The highest BCUT2D eigenvalue weighted by atomic mass is 35.5. The van der Waals surface area contributed by atoms with Gasteiger partial charge in [-0.05, 0) is 18.2 Å². The molecule has 1 aromatic carbocycles. The molecule has 0 heterocycles. The van der Waals surface area contributed by atoms with Gasteiger partial charge in [-0.25, -0.2) is 0 Å². The van der Waals surface area contributed by atoms with Gasteiger partial charge >= 0.3 is 0 Å². The first-order valence-electron chi connectivity index (χ1n) is 3.46. The predicted molar refractivity (Wildman–Crippen MR) is 54.7 cm³/mol. The van der Waals surface area contributed by atoms with Crippen LogP contribution in [0.2, 0.25) is 10.0 Å². The fraction of sp³-hybridized carbons (Fsp3) is 0. The van der Waals surface area contributed by atoms with Crippen molar-refractivity contribution in [3.05, 3.63) is 40.4 Å². The van der Waals surface area contributed by atoms with E-state index in [9.17, 15) is 4.79 Å². The van der Waals surface area contributed by atoms with Gasteiger partial charge in [-0.3, -0.25) is 4.79 Å². The number of halogens is 2. The average Bonchev–Trinajstić information content (AvgIpc) is 2.08. The monoisotopic (exact) mass is 215 g/mol. The molecule has 0 atom stereocenters. The number of carbonyl (C=O) groups excluding carboxylic acids is 1. The maximum absolute atomic E-state index is 10.8. The van der Waals surface area contributed by atoms with Crippen LogP contribution in [0.25, 0.3) is 5.57 Å². The molecule has 0 unspecified atom stereocenters. The van der Waals surface area contributed by atoms with Crippen molar-refractivity contribution < 1.29 is 4.79 Å². The summed E-state index contributed by atoms with van der Waals surface area (Å²) in [6.07, 6.45) is 0. The van der Waals surface area contributed by atoms with Gasteiger partial charge in [0, 0.05) is 21.2 Å². The maximum Gasteiger partial charge on any atom is 0.248 e. The van der Waals surface area contributed by atoms with Gasteiger partial charge in [-0.2, -0.15) is 0 Å². The van der Waals surface area contributed by atoms with E-state index in [1.807, 2.05) is 0 Å². The third kappa shape index (κ3) is 2.23. The summed E-state index contributed by atoms with van der Waals surface area (Å²) in [6, 6.07) is 4.77. The third-order valence-electron chi connectivity index (χ3n) is 1.55. The minimum atomic E-state index is -0.607. The summed E-state index contributed by atoms with van der Waals surface area (Å²) in [5.41, 5.74) is 5.68. The molecule has 13 heavy (non-hydrogen) atoms. The highest BCUT2D eigenvalue weighted by Gasteiger charge is 2.09. The van der Waals surface area contributed by atoms with Crippen LogP contribution in [-0.4, -0.2) is 5.91 Å². The first-order chi connectivity index (χ1) is 6.02. The summed E-state index contributed by atoms with van der Waals surface area (Å²) in [7, 11) is 0. The Hall–Kier alpha value is -0.990. The number of nitrogens with two attached hydrogens (primary N) is 1. The Kier molecular flexibility index (Phi) is 2.96. The standard InChI is InChI=1S/C9H7Cl2NO/c1-5(9(12)13)7-4-6(10)2-3-8(7)11/h2-4H,1H2,(H2,12,13). The van der Waals surface area contributed by atoms with E-state index < -0.39 is 5.91 Å². The fourth-order valence-electron chi connectivity index (χ4n) is 0.861. The molecule has 0 saturated carbocycles.